The molecule has 2 rings (SSSR count). The van der Waals surface area contributed by atoms with Gasteiger partial charge in [0.2, 0.25) is 0 Å². The summed E-state index contributed by atoms with van der Waals surface area (Å²) in [5, 5.41) is 4.02. The maximum Gasteiger partial charge on any atom is 0.162 e. The molecule has 19 heavy (non-hydrogen) atoms. The van der Waals surface area contributed by atoms with Gasteiger partial charge in [-0.2, -0.15) is 0 Å². The lowest BCUT2D eigenvalue weighted by Gasteiger charge is -2.12. The molecule has 0 saturated heterocycles. The second-order valence-corrected chi connectivity index (χ2v) is 4.57. The number of benzene rings is 2. The van der Waals surface area contributed by atoms with E-state index in [-0.39, 0.29) is 0 Å². The third-order valence-corrected chi connectivity index (χ3v) is 3.25. The van der Waals surface area contributed by atoms with Crippen molar-refractivity contribution in [3.05, 3.63) is 47.0 Å². The minimum atomic E-state index is 0.686. The van der Waals surface area contributed by atoms with Crippen LogP contribution in [0.5, 0.6) is 11.5 Å². The van der Waals surface area contributed by atoms with E-state index < -0.39 is 0 Å². The molecule has 0 aliphatic carbocycles. The highest BCUT2D eigenvalue weighted by Crippen LogP contribution is 2.31. The summed E-state index contributed by atoms with van der Waals surface area (Å²) in [6.45, 7) is 1.97. The van der Waals surface area contributed by atoms with E-state index >= 15 is 0 Å². The molecule has 0 fully saturated rings. The molecule has 0 bridgehead atoms. The van der Waals surface area contributed by atoms with E-state index in [0.29, 0.717) is 11.5 Å². The molecule has 0 heterocycles. The minimum Gasteiger partial charge on any atom is -0.493 e. The lowest BCUT2D eigenvalue weighted by Crippen LogP contribution is -1.94. The first kappa shape index (κ1) is 13.6. The zero-order chi connectivity index (χ0) is 13.8. The first-order valence-electron chi connectivity index (χ1n) is 5.89. The number of rotatable bonds is 4. The molecule has 2 aromatic rings. The Hall–Kier alpha value is -1.87. The number of hydrogen-bond donors (Lipinski definition) is 1. The topological polar surface area (TPSA) is 30.5 Å². The Morgan fingerprint density at radius 1 is 0.895 bits per heavy atom. The average Bonchev–Trinajstić information content (AvgIpc) is 2.43. The smallest absolute Gasteiger partial charge is 0.162 e. The summed E-state index contributed by atoms with van der Waals surface area (Å²) in [5.41, 5.74) is 2.90. The molecule has 1 N–H and O–H groups in total. The summed E-state index contributed by atoms with van der Waals surface area (Å²) in [6.07, 6.45) is 0. The standard InChI is InChI=1S/C15H16ClNO2/c1-10-4-5-11(8-13(10)16)17-12-6-7-14(18-2)15(9-12)19-3/h4-9,17H,1-3H3. The molecule has 0 atom stereocenters. The summed E-state index contributed by atoms with van der Waals surface area (Å²) in [4.78, 5) is 0. The van der Waals surface area contributed by atoms with E-state index in [9.17, 15) is 0 Å². The fourth-order valence-electron chi connectivity index (χ4n) is 1.75. The van der Waals surface area contributed by atoms with Crippen molar-refractivity contribution < 1.29 is 9.47 Å². The summed E-state index contributed by atoms with van der Waals surface area (Å²) < 4.78 is 10.5. The Labute approximate surface area is 118 Å². The van der Waals surface area contributed by atoms with Gasteiger partial charge in [-0.25, -0.2) is 0 Å². The minimum absolute atomic E-state index is 0.686. The molecule has 0 spiro atoms. The van der Waals surface area contributed by atoms with Crippen LogP contribution in [0, 0.1) is 6.92 Å². The van der Waals surface area contributed by atoms with Gasteiger partial charge in [-0.1, -0.05) is 17.7 Å². The van der Waals surface area contributed by atoms with Crippen LogP contribution in [0.25, 0.3) is 0 Å². The van der Waals surface area contributed by atoms with Crippen molar-refractivity contribution in [1.29, 1.82) is 0 Å². The summed E-state index contributed by atoms with van der Waals surface area (Å²) in [7, 11) is 3.23. The second kappa shape index (κ2) is 5.85. The van der Waals surface area contributed by atoms with Crippen LogP contribution >= 0.6 is 11.6 Å². The normalized spacial score (nSPS) is 10.1. The van der Waals surface area contributed by atoms with Gasteiger partial charge in [-0.05, 0) is 36.8 Å². The zero-order valence-corrected chi connectivity index (χ0v) is 11.9. The molecular weight excluding hydrogens is 262 g/mol. The molecule has 0 aliphatic rings. The fourth-order valence-corrected chi connectivity index (χ4v) is 1.93. The highest BCUT2D eigenvalue weighted by Gasteiger charge is 2.05. The number of nitrogens with one attached hydrogen (secondary N) is 1. The highest BCUT2D eigenvalue weighted by molar-refractivity contribution is 6.31. The monoisotopic (exact) mass is 277 g/mol. The molecule has 0 amide bonds. The summed E-state index contributed by atoms with van der Waals surface area (Å²) >= 11 is 6.10. The molecule has 3 nitrogen and oxygen atoms in total. The van der Waals surface area contributed by atoms with Crippen molar-refractivity contribution in [2.45, 2.75) is 6.92 Å². The quantitative estimate of drug-likeness (QED) is 0.898. The van der Waals surface area contributed by atoms with Gasteiger partial charge in [-0.15, -0.1) is 0 Å². The first-order valence-corrected chi connectivity index (χ1v) is 6.27. The van der Waals surface area contributed by atoms with E-state index in [1.54, 1.807) is 14.2 Å². The first-order chi connectivity index (χ1) is 9.13. The molecule has 0 saturated carbocycles. The van der Waals surface area contributed by atoms with Gasteiger partial charge in [0.15, 0.2) is 11.5 Å². The average molecular weight is 278 g/mol. The third-order valence-electron chi connectivity index (χ3n) is 2.84. The Balaban J connectivity index is 2.25. The molecular formula is C15H16ClNO2. The number of methoxy groups -OCH3 is 2. The van der Waals surface area contributed by atoms with Crippen molar-refractivity contribution in [3.8, 4) is 11.5 Å². The molecule has 0 aliphatic heterocycles. The molecule has 4 heteroatoms. The van der Waals surface area contributed by atoms with E-state index in [1.165, 1.54) is 0 Å². The fraction of sp³-hybridized carbons (Fsp3) is 0.200. The molecule has 100 valence electrons. The predicted octanol–water partition coefficient (Wildman–Crippen LogP) is 4.41. The van der Waals surface area contributed by atoms with Gasteiger partial charge >= 0.3 is 0 Å². The number of aryl methyl sites for hydroxylation is 1. The van der Waals surface area contributed by atoms with Crippen LogP contribution in [0.2, 0.25) is 5.02 Å². The van der Waals surface area contributed by atoms with E-state index in [0.717, 1.165) is 22.0 Å². The van der Waals surface area contributed by atoms with E-state index in [2.05, 4.69) is 5.32 Å². The van der Waals surface area contributed by atoms with Gasteiger partial charge in [0.05, 0.1) is 14.2 Å². The Morgan fingerprint density at radius 2 is 1.53 bits per heavy atom. The van der Waals surface area contributed by atoms with Gasteiger partial charge < -0.3 is 14.8 Å². The Morgan fingerprint density at radius 3 is 2.16 bits per heavy atom. The van der Waals surface area contributed by atoms with Crippen molar-refractivity contribution in [1.82, 2.24) is 0 Å². The van der Waals surface area contributed by atoms with Crippen LogP contribution in [0.3, 0.4) is 0 Å². The van der Waals surface area contributed by atoms with Crippen LogP contribution in [0.4, 0.5) is 11.4 Å². The lowest BCUT2D eigenvalue weighted by molar-refractivity contribution is 0.355. The van der Waals surface area contributed by atoms with Crippen LogP contribution in [-0.2, 0) is 0 Å². The van der Waals surface area contributed by atoms with E-state index in [1.807, 2.05) is 43.3 Å². The van der Waals surface area contributed by atoms with Crippen molar-refractivity contribution in [2.75, 3.05) is 19.5 Å². The van der Waals surface area contributed by atoms with Crippen LogP contribution in [-0.4, -0.2) is 14.2 Å². The van der Waals surface area contributed by atoms with Crippen molar-refractivity contribution >= 4 is 23.0 Å². The second-order valence-electron chi connectivity index (χ2n) is 4.16. The van der Waals surface area contributed by atoms with Gasteiger partial charge in [0, 0.05) is 22.5 Å². The molecule has 0 unspecified atom stereocenters. The predicted molar refractivity (Wildman–Crippen MR) is 79.0 cm³/mol. The van der Waals surface area contributed by atoms with Crippen molar-refractivity contribution in [2.24, 2.45) is 0 Å². The number of halogens is 1. The maximum atomic E-state index is 6.10. The Kier molecular flexibility index (Phi) is 4.17. The van der Waals surface area contributed by atoms with Crippen LogP contribution in [0.1, 0.15) is 5.56 Å². The molecule has 2 aromatic carbocycles. The van der Waals surface area contributed by atoms with Gasteiger partial charge in [0.1, 0.15) is 0 Å². The van der Waals surface area contributed by atoms with Crippen LogP contribution < -0.4 is 14.8 Å². The number of hydrogen-bond acceptors (Lipinski definition) is 3. The number of anilines is 2. The van der Waals surface area contributed by atoms with Crippen LogP contribution in [0.15, 0.2) is 36.4 Å². The SMILES string of the molecule is COc1ccc(Nc2ccc(C)c(Cl)c2)cc1OC. The molecule has 0 radical (unpaired) electrons. The summed E-state index contributed by atoms with van der Waals surface area (Å²) in [5.74, 6) is 1.39. The third kappa shape index (κ3) is 3.12. The Bertz CT molecular complexity index is 584. The highest BCUT2D eigenvalue weighted by atomic mass is 35.5. The summed E-state index contributed by atoms with van der Waals surface area (Å²) in [6, 6.07) is 11.5. The zero-order valence-electron chi connectivity index (χ0n) is 11.2. The lowest BCUT2D eigenvalue weighted by atomic mass is 10.2. The van der Waals surface area contributed by atoms with Crippen molar-refractivity contribution in [3.63, 3.8) is 0 Å². The largest absolute Gasteiger partial charge is 0.493 e. The number of ether oxygens (including phenoxy) is 2. The van der Waals surface area contributed by atoms with E-state index in [4.69, 9.17) is 21.1 Å². The van der Waals surface area contributed by atoms with Gasteiger partial charge in [-0.3, -0.25) is 0 Å². The maximum absolute atomic E-state index is 6.10. The molecule has 0 aromatic heterocycles. The van der Waals surface area contributed by atoms with Gasteiger partial charge in [0.25, 0.3) is 0 Å².